The number of piperidine rings is 1. The maximum absolute atomic E-state index is 13.5. The number of hydrogen-bond acceptors (Lipinski definition) is 7. The molecule has 4 aromatic rings. The van der Waals surface area contributed by atoms with Gasteiger partial charge in [-0.15, -0.1) is 0 Å². The molecule has 2 fully saturated rings. The smallest absolute Gasteiger partial charge is 0.262 e. The molecule has 4 heterocycles. The van der Waals surface area contributed by atoms with Gasteiger partial charge in [-0.2, -0.15) is 5.10 Å². The molecule has 49 heavy (non-hydrogen) atoms. The van der Waals surface area contributed by atoms with E-state index in [1.165, 1.54) is 0 Å². The number of rotatable bonds is 5. The van der Waals surface area contributed by atoms with Gasteiger partial charge in [0.15, 0.2) is 5.69 Å². The van der Waals surface area contributed by atoms with E-state index in [-0.39, 0.29) is 35.3 Å². The molecule has 0 bridgehead atoms. The van der Waals surface area contributed by atoms with Crippen molar-refractivity contribution in [3.8, 4) is 11.8 Å². The van der Waals surface area contributed by atoms with Gasteiger partial charge in [0.2, 0.25) is 11.8 Å². The van der Waals surface area contributed by atoms with Crippen LogP contribution in [0.15, 0.2) is 67.0 Å². The van der Waals surface area contributed by atoms with Gasteiger partial charge in [0, 0.05) is 37.1 Å². The Kier molecular flexibility index (Phi) is 7.33. The van der Waals surface area contributed by atoms with Gasteiger partial charge in [0.05, 0.1) is 34.9 Å². The minimum Gasteiger partial charge on any atom is -0.368 e. The SMILES string of the molecule is [C-]#[N+]c1ccc(NC(=O)C(C)(C)n2cc(C#CC3(C)CN(c4ccc5c(c4)C(=O)N(C4CCC(=O)NC4=O)C5=O)C3)cn2)c2ccccc12. The summed E-state index contributed by atoms with van der Waals surface area (Å²) in [5.41, 5.74) is 1.62. The summed E-state index contributed by atoms with van der Waals surface area (Å²) in [6.07, 6.45) is 3.53. The summed E-state index contributed by atoms with van der Waals surface area (Å²) >= 11 is 0. The molecule has 0 saturated carbocycles. The third-order valence-corrected chi connectivity index (χ3v) is 9.36. The zero-order chi connectivity index (χ0) is 34.7. The molecule has 0 radical (unpaired) electrons. The van der Waals surface area contributed by atoms with E-state index < -0.39 is 35.2 Å². The van der Waals surface area contributed by atoms with E-state index in [1.54, 1.807) is 61.3 Å². The van der Waals surface area contributed by atoms with Crippen molar-refractivity contribution in [2.75, 3.05) is 23.3 Å². The molecule has 2 N–H and O–H groups in total. The largest absolute Gasteiger partial charge is 0.368 e. The highest BCUT2D eigenvalue weighted by Crippen LogP contribution is 2.37. The molecular weight excluding hydrogens is 622 g/mol. The summed E-state index contributed by atoms with van der Waals surface area (Å²) in [6.45, 7) is 14.2. The molecule has 1 aromatic heterocycles. The minimum atomic E-state index is -1.04. The van der Waals surface area contributed by atoms with Crippen molar-refractivity contribution in [1.82, 2.24) is 20.0 Å². The Hall–Kier alpha value is -6.27. The fraction of sp³-hybridized carbons (Fsp3) is 0.270. The standard InChI is InChI=1S/C37H31N7O5/c1-36(2,35(49)40-29-12-11-28(38-4)24-7-5-6-8-25(24)29)43-19-22(18-39-43)15-16-37(3)20-42(21-37)23-9-10-26-27(17-23)34(48)44(33(26)47)30-13-14-31(45)41-32(30)46/h5-12,17-19,30H,13-14,20-21H2,1-3H3,(H,40,49)(H,41,45,46). The summed E-state index contributed by atoms with van der Waals surface area (Å²) in [4.78, 5) is 70.3. The van der Waals surface area contributed by atoms with Crippen LogP contribution >= 0.6 is 0 Å². The zero-order valence-electron chi connectivity index (χ0n) is 27.0. The lowest BCUT2D eigenvalue weighted by atomic mass is 9.82. The van der Waals surface area contributed by atoms with Crippen LogP contribution in [0.2, 0.25) is 0 Å². The van der Waals surface area contributed by atoms with E-state index >= 15 is 0 Å². The first-order chi connectivity index (χ1) is 23.4. The van der Waals surface area contributed by atoms with Crippen molar-refractivity contribution in [3.05, 3.63) is 95.1 Å². The zero-order valence-corrected chi connectivity index (χ0v) is 27.0. The molecule has 12 nitrogen and oxygen atoms in total. The van der Waals surface area contributed by atoms with Crippen molar-refractivity contribution in [1.29, 1.82) is 0 Å². The quantitative estimate of drug-likeness (QED) is 0.187. The number of carbonyl (C=O) groups excluding carboxylic acids is 5. The highest BCUT2D eigenvalue weighted by atomic mass is 16.2. The highest BCUT2D eigenvalue weighted by Gasteiger charge is 2.45. The maximum Gasteiger partial charge on any atom is 0.262 e. The van der Waals surface area contributed by atoms with E-state index in [4.69, 9.17) is 6.57 Å². The Morgan fingerprint density at radius 1 is 1.04 bits per heavy atom. The second kappa shape index (κ2) is 11.5. The monoisotopic (exact) mass is 653 g/mol. The van der Waals surface area contributed by atoms with Gasteiger partial charge in [-0.1, -0.05) is 42.2 Å². The molecule has 7 rings (SSSR count). The fourth-order valence-corrected chi connectivity index (χ4v) is 6.50. The molecule has 3 aliphatic heterocycles. The van der Waals surface area contributed by atoms with Crippen LogP contribution in [0.5, 0.6) is 0 Å². The number of benzene rings is 3. The van der Waals surface area contributed by atoms with E-state index in [9.17, 15) is 24.0 Å². The van der Waals surface area contributed by atoms with Crippen LogP contribution in [0.1, 0.15) is 59.9 Å². The average Bonchev–Trinajstić information content (AvgIpc) is 3.65. The van der Waals surface area contributed by atoms with Crippen LogP contribution in [-0.2, 0) is 19.9 Å². The van der Waals surface area contributed by atoms with E-state index in [0.29, 0.717) is 30.0 Å². The Morgan fingerprint density at radius 2 is 1.78 bits per heavy atom. The topological polar surface area (TPSA) is 138 Å². The van der Waals surface area contributed by atoms with E-state index in [1.807, 2.05) is 31.2 Å². The normalized spacial score (nSPS) is 18.3. The number of nitrogens with zero attached hydrogens (tertiary/aromatic N) is 5. The minimum absolute atomic E-state index is 0.0641. The Bertz CT molecular complexity index is 2230. The lowest BCUT2D eigenvalue weighted by Crippen LogP contribution is -2.54. The van der Waals surface area contributed by atoms with Crippen molar-refractivity contribution >= 4 is 57.4 Å². The van der Waals surface area contributed by atoms with Crippen LogP contribution in [0.4, 0.5) is 17.1 Å². The molecule has 0 spiro atoms. The lowest BCUT2D eigenvalue weighted by Gasteiger charge is -2.46. The first-order valence-corrected chi connectivity index (χ1v) is 15.8. The maximum atomic E-state index is 13.5. The summed E-state index contributed by atoms with van der Waals surface area (Å²) in [5.74, 6) is 4.12. The Balaban J connectivity index is 1.01. The van der Waals surface area contributed by atoms with Crippen molar-refractivity contribution in [2.24, 2.45) is 5.41 Å². The molecule has 244 valence electrons. The number of carbonyl (C=O) groups is 5. The summed E-state index contributed by atoms with van der Waals surface area (Å²) < 4.78 is 1.58. The second-order valence-electron chi connectivity index (χ2n) is 13.3. The van der Waals surface area contributed by atoms with Crippen molar-refractivity contribution in [3.63, 3.8) is 0 Å². The van der Waals surface area contributed by atoms with E-state index in [0.717, 1.165) is 21.4 Å². The number of fused-ring (bicyclic) bond motifs is 2. The van der Waals surface area contributed by atoms with Crippen LogP contribution in [0, 0.1) is 23.8 Å². The summed E-state index contributed by atoms with van der Waals surface area (Å²) in [7, 11) is 0. The number of aromatic nitrogens is 2. The van der Waals surface area contributed by atoms with Gasteiger partial charge >= 0.3 is 0 Å². The first kappa shape index (κ1) is 31.3. The highest BCUT2D eigenvalue weighted by molar-refractivity contribution is 6.23. The molecule has 12 heteroatoms. The Labute approximate surface area is 281 Å². The van der Waals surface area contributed by atoms with Gasteiger partial charge in [0.25, 0.3) is 17.7 Å². The van der Waals surface area contributed by atoms with Crippen molar-refractivity contribution in [2.45, 2.75) is 45.2 Å². The van der Waals surface area contributed by atoms with Gasteiger partial charge in [-0.25, -0.2) is 4.85 Å². The van der Waals surface area contributed by atoms with Crippen LogP contribution in [0.25, 0.3) is 15.6 Å². The molecule has 2 saturated heterocycles. The lowest BCUT2D eigenvalue weighted by molar-refractivity contribution is -0.136. The van der Waals surface area contributed by atoms with Gasteiger partial charge < -0.3 is 10.2 Å². The molecule has 3 aromatic carbocycles. The first-order valence-electron chi connectivity index (χ1n) is 15.8. The predicted octanol–water partition coefficient (Wildman–Crippen LogP) is 4.24. The van der Waals surface area contributed by atoms with Crippen LogP contribution in [0.3, 0.4) is 0 Å². The predicted molar refractivity (Wildman–Crippen MR) is 181 cm³/mol. The molecule has 1 atom stereocenters. The number of nitrogens with one attached hydrogen (secondary N) is 2. The van der Waals surface area contributed by atoms with Gasteiger partial charge in [0.1, 0.15) is 11.6 Å². The third kappa shape index (κ3) is 5.37. The Morgan fingerprint density at radius 3 is 2.51 bits per heavy atom. The number of amides is 5. The number of anilines is 2. The average molecular weight is 654 g/mol. The van der Waals surface area contributed by atoms with Gasteiger partial charge in [-0.3, -0.25) is 38.9 Å². The summed E-state index contributed by atoms with van der Waals surface area (Å²) in [5, 5.41) is 11.2. The van der Waals surface area contributed by atoms with Gasteiger partial charge in [-0.05, 0) is 62.2 Å². The molecule has 3 aliphatic rings. The molecule has 5 amide bonds. The fourth-order valence-electron chi connectivity index (χ4n) is 6.50. The number of hydrogen-bond donors (Lipinski definition) is 2. The van der Waals surface area contributed by atoms with E-state index in [2.05, 4.69) is 37.3 Å². The van der Waals surface area contributed by atoms with Crippen molar-refractivity contribution < 1.29 is 24.0 Å². The van der Waals surface area contributed by atoms with Crippen LogP contribution in [-0.4, -0.2) is 63.3 Å². The molecular formula is C37H31N7O5. The van der Waals surface area contributed by atoms with Crippen LogP contribution < -0.4 is 15.5 Å². The molecule has 1 unspecified atom stereocenters. The summed E-state index contributed by atoms with van der Waals surface area (Å²) in [6, 6.07) is 14.9. The third-order valence-electron chi connectivity index (χ3n) is 9.36. The number of imide groups is 2. The second-order valence-corrected chi connectivity index (χ2v) is 13.3. The molecule has 0 aliphatic carbocycles.